The van der Waals surface area contributed by atoms with Crippen LogP contribution in [0.25, 0.3) is 0 Å². The van der Waals surface area contributed by atoms with Crippen LogP contribution < -0.4 is 38.2 Å². The van der Waals surface area contributed by atoms with E-state index in [1.54, 1.807) is 19.3 Å². The van der Waals surface area contributed by atoms with Gasteiger partial charge in [-0.15, -0.1) is 0 Å². The van der Waals surface area contributed by atoms with E-state index in [1.165, 1.54) is 20.8 Å². The maximum atomic E-state index is 13.2. The molecule has 0 aliphatic carbocycles. The Balaban J connectivity index is 1.72. The van der Waals surface area contributed by atoms with Gasteiger partial charge in [-0.05, 0) is 71.4 Å². The predicted molar refractivity (Wildman–Crippen MR) is 254 cm³/mol. The Kier molecular flexibility index (Phi) is 27.4. The van der Waals surface area contributed by atoms with E-state index >= 15 is 0 Å². The van der Waals surface area contributed by atoms with Crippen molar-refractivity contribution in [3.63, 3.8) is 0 Å². The maximum absolute atomic E-state index is 13.2. The van der Waals surface area contributed by atoms with Crippen molar-refractivity contribution in [3.8, 4) is 0 Å². The van der Waals surface area contributed by atoms with Gasteiger partial charge in [-0.1, -0.05) is 72.5 Å². The second-order valence-electron chi connectivity index (χ2n) is 16.9. The van der Waals surface area contributed by atoms with Crippen molar-refractivity contribution < 1.29 is 62.3 Å². The van der Waals surface area contributed by atoms with Gasteiger partial charge in [0.2, 0.25) is 17.7 Å². The van der Waals surface area contributed by atoms with E-state index in [-0.39, 0.29) is 70.5 Å². The van der Waals surface area contributed by atoms with Crippen molar-refractivity contribution in [2.75, 3.05) is 13.1 Å². The second kappa shape index (κ2) is 32.6. The number of unbranched alkanes of at least 4 members (excludes halogenated alkanes) is 1. The molecule has 23 nitrogen and oxygen atoms in total. The molecule has 9 N–H and O–H groups in total. The number of nitrogens with two attached hydrogens (primary N) is 2. The van der Waals surface area contributed by atoms with Crippen LogP contribution in [0.2, 0.25) is 0 Å². The fourth-order valence-corrected chi connectivity index (χ4v) is 6.68. The van der Waals surface area contributed by atoms with Gasteiger partial charge in [0.1, 0.15) is 37.2 Å². The first-order chi connectivity index (χ1) is 33.2. The lowest BCUT2D eigenvalue weighted by atomic mass is 9.94. The molecule has 0 saturated heterocycles. The lowest BCUT2D eigenvalue weighted by Gasteiger charge is -2.20. The number of aliphatic imine (C=N–C) groups is 1. The van der Waals surface area contributed by atoms with Crippen molar-refractivity contribution in [2.45, 2.75) is 148 Å². The molecule has 0 saturated carbocycles. The average molecular weight is 984 g/mol. The molecule has 70 heavy (non-hydrogen) atoms. The van der Waals surface area contributed by atoms with E-state index in [1.807, 2.05) is 60.7 Å². The number of hydrazine groups is 1. The highest BCUT2D eigenvalue weighted by Gasteiger charge is 2.27. The first-order valence-electron chi connectivity index (χ1n) is 23.1. The minimum Gasteiger partial charge on any atom is -0.462 e. The monoisotopic (exact) mass is 983 g/mol. The summed E-state index contributed by atoms with van der Waals surface area (Å²) in [6.45, 7) is 8.12. The van der Waals surface area contributed by atoms with Crippen molar-refractivity contribution in [2.24, 2.45) is 22.4 Å². The molecule has 2 rings (SSSR count). The highest BCUT2D eigenvalue weighted by molar-refractivity contribution is 5.88. The molecule has 0 radical (unpaired) electrons. The zero-order chi connectivity index (χ0) is 52.0. The van der Waals surface area contributed by atoms with E-state index in [0.29, 0.717) is 25.8 Å². The number of rotatable bonds is 32. The molecule has 0 spiro atoms. The minimum absolute atomic E-state index is 0.0426. The SMILES string of the molecule is C[C@H](CC(=O)N[C@@H](C)CC(=O)N[C@@H](C)CC(=O)C[C@@H](CCCCNC(=O)OCc1ccccc1)C(=O)OCc1ccccc1)OC(=O)C[C@@H](C)OC(=O)[C@H](C)NC(=O)[C@@H](N)CCCN=C(N)N[N+](=O)[O-]. The summed E-state index contributed by atoms with van der Waals surface area (Å²) in [5.41, 5.74) is 14.5. The smallest absolute Gasteiger partial charge is 0.407 e. The number of nitro groups is 1. The Morgan fingerprint density at radius 3 is 1.86 bits per heavy atom. The molecular weight excluding hydrogens is 915 g/mol. The molecule has 0 aromatic heterocycles. The van der Waals surface area contributed by atoms with E-state index in [0.717, 1.165) is 11.1 Å². The zero-order valence-electron chi connectivity index (χ0n) is 40.5. The third kappa shape index (κ3) is 27.0. The summed E-state index contributed by atoms with van der Waals surface area (Å²) in [7, 11) is 0. The average Bonchev–Trinajstić information content (AvgIpc) is 3.28. The van der Waals surface area contributed by atoms with Crippen LogP contribution in [0.5, 0.6) is 0 Å². The number of carbonyl (C=O) groups is 8. The molecular formula is C47H69N9O14. The molecule has 0 aliphatic rings. The van der Waals surface area contributed by atoms with Crippen LogP contribution in [-0.2, 0) is 65.7 Å². The fourth-order valence-electron chi connectivity index (χ4n) is 6.68. The minimum atomic E-state index is -1.12. The first-order valence-corrected chi connectivity index (χ1v) is 23.1. The number of amides is 4. The Labute approximate surface area is 407 Å². The van der Waals surface area contributed by atoms with Crippen LogP contribution >= 0.6 is 0 Å². The summed E-state index contributed by atoms with van der Waals surface area (Å²) in [5, 5.41) is 20.0. The first kappa shape index (κ1) is 59.0. The Bertz CT molecular complexity index is 2040. The number of Topliss-reactive ketones (excluding diaryl/α,β-unsaturated/α-hetero) is 1. The quantitative estimate of drug-likeness (QED) is 0.0105. The molecule has 0 unspecified atom stereocenters. The number of hydrogen-bond donors (Lipinski definition) is 7. The lowest BCUT2D eigenvalue weighted by Crippen LogP contribution is -2.48. The summed E-state index contributed by atoms with van der Waals surface area (Å²) >= 11 is 0. The van der Waals surface area contributed by atoms with Crippen LogP contribution in [0.4, 0.5) is 4.79 Å². The van der Waals surface area contributed by atoms with Gasteiger partial charge in [0.05, 0.1) is 24.8 Å². The van der Waals surface area contributed by atoms with Gasteiger partial charge < -0.3 is 51.7 Å². The molecule has 23 heteroatoms. The number of benzene rings is 2. The van der Waals surface area contributed by atoms with Crippen LogP contribution in [0.3, 0.4) is 0 Å². The highest BCUT2D eigenvalue weighted by Crippen LogP contribution is 2.19. The van der Waals surface area contributed by atoms with E-state index in [4.69, 9.17) is 30.4 Å². The Morgan fingerprint density at radius 1 is 0.671 bits per heavy atom. The summed E-state index contributed by atoms with van der Waals surface area (Å²) in [5.74, 6) is -5.11. The van der Waals surface area contributed by atoms with Crippen LogP contribution in [0, 0.1) is 16.0 Å². The molecule has 7 atom stereocenters. The highest BCUT2D eigenvalue weighted by atomic mass is 16.7. The largest absolute Gasteiger partial charge is 0.462 e. The number of esters is 3. The van der Waals surface area contributed by atoms with Crippen LogP contribution in [-0.4, -0.2) is 108 Å². The molecule has 0 aliphatic heterocycles. The summed E-state index contributed by atoms with van der Waals surface area (Å²) in [4.78, 5) is 116. The Hall–Kier alpha value is -7.17. The van der Waals surface area contributed by atoms with E-state index in [2.05, 4.69) is 26.3 Å². The van der Waals surface area contributed by atoms with E-state index < -0.39 is 95.0 Å². The van der Waals surface area contributed by atoms with E-state index in [9.17, 15) is 48.5 Å². The standard InChI is InChI=1S/C47H69N9O14/c1-30(23-38(57)27-37(45(63)67-28-35-15-8-6-9-16-35)19-12-13-21-51-47(64)68-29-36-17-10-7-11-18-36)52-40(58)24-31(2)53-41(59)25-32(3)69-42(60)26-33(4)70-44(62)34(5)54-43(61)39(48)20-14-22-50-46(49)55-56(65)66/h6-11,15-18,30-34,37,39H,12-14,19-29,48H2,1-5H3,(H,51,64)(H,52,58)(H,53,59)(H,54,61)(H3,49,50,55)/t30-,31-,32+,33+,34-,37+,39-/m0/s1. The number of guanidine groups is 1. The number of hydrogen-bond acceptors (Lipinski definition) is 16. The van der Waals surface area contributed by atoms with Gasteiger partial charge in [-0.3, -0.25) is 28.8 Å². The fraction of sp³-hybridized carbons (Fsp3) is 0.553. The molecule has 2 aromatic rings. The molecule has 4 amide bonds. The van der Waals surface area contributed by atoms with Crippen LogP contribution in [0.15, 0.2) is 65.7 Å². The van der Waals surface area contributed by atoms with Gasteiger partial charge in [0, 0.05) is 44.4 Å². The number of carbonyl (C=O) groups excluding carboxylic acids is 8. The summed E-state index contributed by atoms with van der Waals surface area (Å²) in [6, 6.07) is 15.0. The Morgan fingerprint density at radius 2 is 1.24 bits per heavy atom. The van der Waals surface area contributed by atoms with Gasteiger partial charge in [-0.25, -0.2) is 24.7 Å². The zero-order valence-corrected chi connectivity index (χ0v) is 40.5. The summed E-state index contributed by atoms with van der Waals surface area (Å²) in [6.07, 6.45) is -1.47. The second-order valence-corrected chi connectivity index (χ2v) is 16.9. The van der Waals surface area contributed by atoms with Crippen LogP contribution in [0.1, 0.15) is 110 Å². The third-order valence-corrected chi connectivity index (χ3v) is 10.1. The number of ketones is 1. The van der Waals surface area contributed by atoms with Crippen molar-refractivity contribution >= 4 is 53.5 Å². The van der Waals surface area contributed by atoms with Crippen molar-refractivity contribution in [3.05, 3.63) is 81.9 Å². The summed E-state index contributed by atoms with van der Waals surface area (Å²) < 4.78 is 21.4. The normalized spacial score (nSPS) is 14.1. The number of nitrogens with one attached hydrogen (secondary N) is 5. The lowest BCUT2D eigenvalue weighted by molar-refractivity contribution is -0.525. The van der Waals surface area contributed by atoms with Gasteiger partial charge in [0.25, 0.3) is 5.96 Å². The molecule has 2 aromatic carbocycles. The van der Waals surface area contributed by atoms with Gasteiger partial charge >= 0.3 is 24.0 Å². The number of alkyl carbamates (subject to hydrolysis) is 1. The molecule has 0 fully saturated rings. The molecule has 0 heterocycles. The van der Waals surface area contributed by atoms with Crippen molar-refractivity contribution in [1.82, 2.24) is 26.7 Å². The number of nitrogens with zero attached hydrogens (tertiary/aromatic N) is 2. The third-order valence-electron chi connectivity index (χ3n) is 10.1. The number of ether oxygens (including phenoxy) is 4. The molecule has 386 valence electrons. The molecule has 0 bridgehead atoms. The van der Waals surface area contributed by atoms with Gasteiger partial charge in [-0.2, -0.15) is 0 Å². The predicted octanol–water partition coefficient (Wildman–Crippen LogP) is 2.54. The topological polar surface area (TPSA) is 341 Å². The van der Waals surface area contributed by atoms with Gasteiger partial charge in [0.15, 0.2) is 5.03 Å². The van der Waals surface area contributed by atoms with Crippen molar-refractivity contribution in [1.29, 1.82) is 0 Å². The maximum Gasteiger partial charge on any atom is 0.407 e.